The minimum absolute atomic E-state index is 0.282. The van der Waals surface area contributed by atoms with Crippen molar-refractivity contribution in [1.82, 2.24) is 19.9 Å². The summed E-state index contributed by atoms with van der Waals surface area (Å²) in [5.74, 6) is 0.731. The lowest BCUT2D eigenvalue weighted by atomic mass is 10.1. The van der Waals surface area contributed by atoms with Crippen molar-refractivity contribution >= 4 is 21.9 Å². The molecule has 6 heteroatoms. The molecule has 2 atom stereocenters. The molecule has 1 N–H and O–H groups in total. The molecule has 0 aliphatic carbocycles. The Morgan fingerprint density at radius 3 is 2.97 bits per heavy atom. The molecule has 2 aromatic heterocycles. The lowest BCUT2D eigenvalue weighted by molar-refractivity contribution is 0.00863. The molecule has 5 rings (SSSR count). The first-order valence-electron chi connectivity index (χ1n) is 9.91. The number of rotatable bonds is 5. The summed E-state index contributed by atoms with van der Waals surface area (Å²) in [6.07, 6.45) is 0.425. The van der Waals surface area contributed by atoms with Crippen LogP contribution in [0.1, 0.15) is 17.0 Å². The number of hydrogen-bond acceptors (Lipinski definition) is 4. The quantitative estimate of drug-likeness (QED) is 0.556. The number of ether oxygens (including phenoxy) is 1. The molecule has 1 aliphatic heterocycles. The molecule has 29 heavy (non-hydrogen) atoms. The SMILES string of the molecule is Cc1ccc2nc(CO[C@H]3CN(Cc4cnc5ccccc5c4)C[C@H]3F)[nH]c2c1. The maximum atomic E-state index is 14.5. The van der Waals surface area contributed by atoms with Crippen LogP contribution in [0.4, 0.5) is 4.39 Å². The molecule has 148 valence electrons. The highest BCUT2D eigenvalue weighted by molar-refractivity contribution is 5.78. The zero-order valence-electron chi connectivity index (χ0n) is 16.3. The van der Waals surface area contributed by atoms with Gasteiger partial charge >= 0.3 is 0 Å². The predicted molar refractivity (Wildman–Crippen MR) is 111 cm³/mol. The van der Waals surface area contributed by atoms with E-state index in [4.69, 9.17) is 4.74 Å². The number of imidazole rings is 1. The van der Waals surface area contributed by atoms with Crippen molar-refractivity contribution in [3.8, 4) is 0 Å². The molecule has 0 saturated carbocycles. The number of alkyl halides is 1. The van der Waals surface area contributed by atoms with Gasteiger partial charge in [-0.3, -0.25) is 9.88 Å². The minimum Gasteiger partial charge on any atom is -0.366 e. The Morgan fingerprint density at radius 1 is 1.14 bits per heavy atom. The van der Waals surface area contributed by atoms with Crippen LogP contribution in [0.5, 0.6) is 0 Å². The second kappa shape index (κ2) is 7.54. The van der Waals surface area contributed by atoms with Gasteiger partial charge in [-0.1, -0.05) is 24.3 Å². The lowest BCUT2D eigenvalue weighted by Crippen LogP contribution is -2.24. The molecular formula is C23H23FN4O. The van der Waals surface area contributed by atoms with Crippen LogP contribution in [-0.4, -0.2) is 45.2 Å². The van der Waals surface area contributed by atoms with Crippen LogP contribution in [0.15, 0.2) is 54.7 Å². The van der Waals surface area contributed by atoms with E-state index in [1.54, 1.807) is 0 Å². The normalized spacial score (nSPS) is 20.1. The number of H-pyrrole nitrogens is 1. The number of para-hydroxylation sites is 1. The topological polar surface area (TPSA) is 54.0 Å². The number of hydrogen-bond donors (Lipinski definition) is 1. The van der Waals surface area contributed by atoms with Gasteiger partial charge in [0.05, 0.1) is 16.6 Å². The lowest BCUT2D eigenvalue weighted by Gasteiger charge is -2.15. The molecule has 2 aromatic carbocycles. The summed E-state index contributed by atoms with van der Waals surface area (Å²) in [5, 5.41) is 1.11. The molecule has 5 nitrogen and oxygen atoms in total. The van der Waals surface area contributed by atoms with Gasteiger partial charge in [-0.25, -0.2) is 9.37 Å². The van der Waals surface area contributed by atoms with Gasteiger partial charge in [0.25, 0.3) is 0 Å². The molecule has 0 amide bonds. The van der Waals surface area contributed by atoms with Crippen LogP contribution < -0.4 is 0 Å². The minimum atomic E-state index is -1.00. The van der Waals surface area contributed by atoms with Crippen LogP contribution in [0, 0.1) is 6.92 Å². The van der Waals surface area contributed by atoms with E-state index in [0.29, 0.717) is 19.6 Å². The second-order valence-corrected chi connectivity index (χ2v) is 7.80. The largest absolute Gasteiger partial charge is 0.366 e. The number of aryl methyl sites for hydroxylation is 1. The first-order chi connectivity index (χ1) is 14.1. The zero-order chi connectivity index (χ0) is 19.8. The Hall–Kier alpha value is -2.83. The van der Waals surface area contributed by atoms with Crippen LogP contribution in [0.2, 0.25) is 0 Å². The Bertz CT molecular complexity index is 1160. The number of pyridine rings is 1. The summed E-state index contributed by atoms with van der Waals surface area (Å²) in [6, 6.07) is 16.2. The molecule has 1 saturated heterocycles. The van der Waals surface area contributed by atoms with E-state index in [2.05, 4.69) is 38.1 Å². The third kappa shape index (κ3) is 3.86. The van der Waals surface area contributed by atoms with Crippen molar-refractivity contribution in [2.24, 2.45) is 0 Å². The average Bonchev–Trinajstić information content (AvgIpc) is 3.28. The number of fused-ring (bicyclic) bond motifs is 2. The maximum absolute atomic E-state index is 14.5. The highest BCUT2D eigenvalue weighted by atomic mass is 19.1. The number of aromatic amines is 1. The van der Waals surface area contributed by atoms with E-state index in [1.165, 1.54) is 5.56 Å². The molecule has 1 fully saturated rings. The van der Waals surface area contributed by atoms with Gasteiger partial charge in [0.1, 0.15) is 24.7 Å². The molecule has 0 spiro atoms. The van der Waals surface area contributed by atoms with Gasteiger partial charge in [-0.15, -0.1) is 0 Å². The third-order valence-corrected chi connectivity index (χ3v) is 5.45. The molecular weight excluding hydrogens is 367 g/mol. The fourth-order valence-electron chi connectivity index (χ4n) is 3.99. The van der Waals surface area contributed by atoms with Crippen molar-refractivity contribution in [1.29, 1.82) is 0 Å². The molecule has 4 aromatic rings. The summed E-state index contributed by atoms with van der Waals surface area (Å²) in [6.45, 7) is 3.93. The monoisotopic (exact) mass is 390 g/mol. The summed E-state index contributed by atoms with van der Waals surface area (Å²) in [5.41, 5.74) is 5.12. The molecule has 3 heterocycles. The standard InChI is InChI=1S/C23H23FN4O/c1-15-6-7-20-21(8-15)27-23(26-20)14-29-22-13-28(12-18(22)24)11-16-9-17-4-2-3-5-19(17)25-10-16/h2-10,18,22H,11-14H2,1H3,(H,26,27)/t18-,22+/m1/s1. The Balaban J connectivity index is 1.21. The smallest absolute Gasteiger partial charge is 0.140 e. The van der Waals surface area contributed by atoms with Gasteiger partial charge in [0.2, 0.25) is 0 Å². The highest BCUT2D eigenvalue weighted by Gasteiger charge is 2.33. The van der Waals surface area contributed by atoms with E-state index in [-0.39, 0.29) is 6.61 Å². The Labute approximate surface area is 168 Å². The predicted octanol–water partition coefficient (Wildman–Crippen LogP) is 4.16. The zero-order valence-corrected chi connectivity index (χ0v) is 16.3. The van der Waals surface area contributed by atoms with Crippen LogP contribution >= 0.6 is 0 Å². The molecule has 0 unspecified atom stereocenters. The summed E-state index contributed by atoms with van der Waals surface area (Å²) in [7, 11) is 0. The van der Waals surface area contributed by atoms with Gasteiger partial charge in [0, 0.05) is 31.2 Å². The van der Waals surface area contributed by atoms with E-state index < -0.39 is 12.3 Å². The first kappa shape index (κ1) is 18.2. The molecule has 1 aliphatic rings. The van der Waals surface area contributed by atoms with Gasteiger partial charge < -0.3 is 9.72 Å². The van der Waals surface area contributed by atoms with E-state index in [1.807, 2.05) is 43.5 Å². The Morgan fingerprint density at radius 2 is 2.03 bits per heavy atom. The molecule has 0 radical (unpaired) electrons. The second-order valence-electron chi connectivity index (χ2n) is 7.80. The third-order valence-electron chi connectivity index (χ3n) is 5.45. The number of nitrogens with zero attached hydrogens (tertiary/aromatic N) is 3. The van der Waals surface area contributed by atoms with Crippen molar-refractivity contribution < 1.29 is 9.13 Å². The number of halogens is 1. The summed E-state index contributed by atoms with van der Waals surface area (Å²) in [4.78, 5) is 14.4. The van der Waals surface area contributed by atoms with Crippen LogP contribution in [0.25, 0.3) is 21.9 Å². The van der Waals surface area contributed by atoms with Crippen molar-refractivity contribution in [3.05, 3.63) is 71.7 Å². The van der Waals surface area contributed by atoms with E-state index >= 15 is 0 Å². The first-order valence-corrected chi connectivity index (χ1v) is 9.91. The average molecular weight is 390 g/mol. The number of nitrogens with one attached hydrogen (secondary N) is 1. The van der Waals surface area contributed by atoms with Gasteiger partial charge in [0.15, 0.2) is 0 Å². The maximum Gasteiger partial charge on any atom is 0.140 e. The number of benzene rings is 2. The van der Waals surface area contributed by atoms with E-state index in [9.17, 15) is 4.39 Å². The van der Waals surface area contributed by atoms with Crippen LogP contribution in [0.3, 0.4) is 0 Å². The fraction of sp³-hybridized carbons (Fsp3) is 0.304. The van der Waals surface area contributed by atoms with Crippen molar-refractivity contribution in [2.45, 2.75) is 32.4 Å². The Kier molecular flexibility index (Phi) is 4.73. The highest BCUT2D eigenvalue weighted by Crippen LogP contribution is 2.22. The fourth-order valence-corrected chi connectivity index (χ4v) is 3.99. The van der Waals surface area contributed by atoms with Crippen LogP contribution in [-0.2, 0) is 17.9 Å². The number of aromatic nitrogens is 3. The van der Waals surface area contributed by atoms with Gasteiger partial charge in [-0.2, -0.15) is 0 Å². The van der Waals surface area contributed by atoms with Gasteiger partial charge in [-0.05, 0) is 42.3 Å². The van der Waals surface area contributed by atoms with Crippen molar-refractivity contribution in [3.63, 3.8) is 0 Å². The number of likely N-dealkylation sites (tertiary alicyclic amines) is 1. The summed E-state index contributed by atoms with van der Waals surface area (Å²) < 4.78 is 20.4. The van der Waals surface area contributed by atoms with E-state index in [0.717, 1.165) is 33.3 Å². The van der Waals surface area contributed by atoms with Crippen molar-refractivity contribution in [2.75, 3.05) is 13.1 Å². The molecule has 0 bridgehead atoms. The summed E-state index contributed by atoms with van der Waals surface area (Å²) >= 11 is 0.